The molecule has 2 aromatic carbocycles. The molecule has 5 nitrogen and oxygen atoms in total. The Morgan fingerprint density at radius 1 is 1.12 bits per heavy atom. The van der Waals surface area contributed by atoms with Crippen LogP contribution in [-0.2, 0) is 4.79 Å². The Bertz CT molecular complexity index is 816. The molecule has 0 aromatic heterocycles. The number of nitrogens with one attached hydrogen (secondary N) is 3. The second-order valence-electron chi connectivity index (χ2n) is 5.99. The summed E-state index contributed by atoms with van der Waals surface area (Å²) in [5, 5.41) is 8.08. The topological polar surface area (TPSA) is 70.2 Å². The number of hydrogen-bond donors (Lipinski definition) is 3. The molecule has 0 spiro atoms. The molecule has 2 atom stereocenters. The predicted octanol–water partition coefficient (Wildman–Crippen LogP) is 3.26. The van der Waals surface area contributed by atoms with E-state index >= 15 is 0 Å². The van der Waals surface area contributed by atoms with Crippen LogP contribution in [-0.4, -0.2) is 11.9 Å². The summed E-state index contributed by atoms with van der Waals surface area (Å²) in [7, 11) is 0. The van der Waals surface area contributed by atoms with Crippen molar-refractivity contribution >= 4 is 17.6 Å². The fraction of sp³-hybridized carbons (Fsp3) is 0.158. The maximum atomic E-state index is 13.2. The van der Waals surface area contributed by atoms with Gasteiger partial charge in [0.25, 0.3) is 0 Å². The van der Waals surface area contributed by atoms with Crippen LogP contribution in [0.25, 0.3) is 0 Å². The second kappa shape index (κ2) is 6.76. The highest BCUT2D eigenvalue weighted by Gasteiger charge is 2.37. The van der Waals surface area contributed by atoms with Crippen molar-refractivity contribution in [3.8, 4) is 0 Å². The van der Waals surface area contributed by atoms with Gasteiger partial charge >= 0.3 is 6.03 Å². The monoisotopic (exact) mass is 339 g/mol. The Labute approximate surface area is 144 Å². The highest BCUT2D eigenvalue weighted by molar-refractivity contribution is 5.97. The van der Waals surface area contributed by atoms with Crippen LogP contribution in [0.5, 0.6) is 0 Å². The average molecular weight is 339 g/mol. The van der Waals surface area contributed by atoms with E-state index in [1.54, 1.807) is 24.3 Å². The molecular formula is C19H18FN3O2. The van der Waals surface area contributed by atoms with E-state index in [2.05, 4.69) is 22.5 Å². The van der Waals surface area contributed by atoms with E-state index in [1.807, 2.05) is 19.1 Å². The first-order chi connectivity index (χ1) is 11.9. The number of aryl methyl sites for hydroxylation is 1. The molecule has 1 aliphatic rings. The van der Waals surface area contributed by atoms with Gasteiger partial charge in [-0.25, -0.2) is 9.18 Å². The van der Waals surface area contributed by atoms with Crippen LogP contribution in [0.3, 0.4) is 0 Å². The molecule has 25 heavy (non-hydrogen) atoms. The van der Waals surface area contributed by atoms with E-state index in [-0.39, 0.29) is 11.7 Å². The number of anilines is 1. The van der Waals surface area contributed by atoms with Crippen LogP contribution in [0, 0.1) is 18.7 Å². The lowest BCUT2D eigenvalue weighted by molar-refractivity contribution is -0.119. The number of carbonyl (C=O) groups is 2. The van der Waals surface area contributed by atoms with Crippen LogP contribution in [0.4, 0.5) is 14.9 Å². The number of rotatable bonds is 3. The molecule has 1 heterocycles. The van der Waals surface area contributed by atoms with Crippen molar-refractivity contribution in [1.82, 2.24) is 10.6 Å². The Balaban J connectivity index is 1.87. The van der Waals surface area contributed by atoms with Crippen molar-refractivity contribution in [1.29, 1.82) is 0 Å². The van der Waals surface area contributed by atoms with Gasteiger partial charge in [-0.3, -0.25) is 4.79 Å². The minimum absolute atomic E-state index is 0.294. The molecule has 3 N–H and O–H groups in total. The SMILES string of the molecule is C=C1NC(=O)NC(c2ccc(F)cc2)C1C(=O)Nc1ccc(C)cc1. The molecule has 128 valence electrons. The van der Waals surface area contributed by atoms with Gasteiger partial charge < -0.3 is 16.0 Å². The van der Waals surface area contributed by atoms with E-state index in [9.17, 15) is 14.0 Å². The fourth-order valence-electron chi connectivity index (χ4n) is 2.80. The van der Waals surface area contributed by atoms with E-state index in [0.29, 0.717) is 16.9 Å². The molecule has 0 saturated carbocycles. The summed E-state index contributed by atoms with van der Waals surface area (Å²) < 4.78 is 13.2. The summed E-state index contributed by atoms with van der Waals surface area (Å²) in [5.41, 5.74) is 2.65. The Hall–Kier alpha value is -3.15. The average Bonchev–Trinajstić information content (AvgIpc) is 2.57. The first-order valence-electron chi connectivity index (χ1n) is 7.83. The summed E-state index contributed by atoms with van der Waals surface area (Å²) in [6, 6.07) is 12.0. The minimum atomic E-state index is -0.732. The third-order valence-corrected chi connectivity index (χ3v) is 4.10. The number of halogens is 1. The number of urea groups is 1. The van der Waals surface area contributed by atoms with Crippen LogP contribution in [0.2, 0.25) is 0 Å². The van der Waals surface area contributed by atoms with Crippen LogP contribution >= 0.6 is 0 Å². The second-order valence-corrected chi connectivity index (χ2v) is 5.99. The zero-order valence-electron chi connectivity index (χ0n) is 13.7. The molecule has 1 aliphatic heterocycles. The van der Waals surface area contributed by atoms with Gasteiger partial charge in [0.15, 0.2) is 0 Å². The molecule has 6 heteroatoms. The summed E-state index contributed by atoms with van der Waals surface area (Å²) in [5.74, 6) is -1.43. The van der Waals surface area contributed by atoms with Crippen LogP contribution in [0.15, 0.2) is 60.8 Å². The van der Waals surface area contributed by atoms with E-state index in [4.69, 9.17) is 0 Å². The lowest BCUT2D eigenvalue weighted by Crippen LogP contribution is -2.51. The smallest absolute Gasteiger partial charge is 0.319 e. The van der Waals surface area contributed by atoms with E-state index < -0.39 is 18.0 Å². The third kappa shape index (κ3) is 3.68. The maximum Gasteiger partial charge on any atom is 0.319 e. The van der Waals surface area contributed by atoms with Gasteiger partial charge in [-0.15, -0.1) is 0 Å². The minimum Gasteiger partial charge on any atom is -0.330 e. The Morgan fingerprint density at radius 2 is 1.76 bits per heavy atom. The van der Waals surface area contributed by atoms with Crippen molar-refractivity contribution in [2.45, 2.75) is 13.0 Å². The molecule has 2 unspecified atom stereocenters. The molecule has 1 saturated heterocycles. The van der Waals surface area contributed by atoms with Gasteiger partial charge in [-0.2, -0.15) is 0 Å². The third-order valence-electron chi connectivity index (χ3n) is 4.10. The summed E-state index contributed by atoms with van der Waals surface area (Å²) in [6.07, 6.45) is 0. The largest absolute Gasteiger partial charge is 0.330 e. The van der Waals surface area contributed by atoms with Crippen molar-refractivity contribution in [3.63, 3.8) is 0 Å². The van der Waals surface area contributed by atoms with Gasteiger partial charge in [-0.05, 0) is 36.8 Å². The lowest BCUT2D eigenvalue weighted by Gasteiger charge is -2.33. The first kappa shape index (κ1) is 16.7. The summed E-state index contributed by atoms with van der Waals surface area (Å²) in [6.45, 7) is 5.77. The Morgan fingerprint density at radius 3 is 2.40 bits per heavy atom. The fourth-order valence-corrected chi connectivity index (χ4v) is 2.80. The standard InChI is InChI=1S/C19H18FN3O2/c1-11-3-9-15(10-4-11)22-18(24)16-12(2)21-19(25)23-17(16)13-5-7-14(20)8-6-13/h3-10,16-17H,2H2,1H3,(H,22,24)(H2,21,23,25). The van der Waals surface area contributed by atoms with Crippen LogP contribution in [0.1, 0.15) is 17.2 Å². The van der Waals surface area contributed by atoms with Crippen molar-refractivity contribution < 1.29 is 14.0 Å². The lowest BCUT2D eigenvalue weighted by atomic mass is 9.88. The normalized spacial score (nSPS) is 19.8. The zero-order valence-corrected chi connectivity index (χ0v) is 13.7. The molecule has 0 bridgehead atoms. The predicted molar refractivity (Wildman–Crippen MR) is 93.2 cm³/mol. The molecule has 3 amide bonds. The summed E-state index contributed by atoms with van der Waals surface area (Å²) in [4.78, 5) is 24.6. The number of carbonyl (C=O) groups excluding carboxylic acids is 2. The van der Waals surface area contributed by atoms with Crippen molar-refractivity contribution in [2.24, 2.45) is 5.92 Å². The van der Waals surface area contributed by atoms with Gasteiger partial charge in [-0.1, -0.05) is 36.4 Å². The number of hydrogen-bond acceptors (Lipinski definition) is 2. The van der Waals surface area contributed by atoms with Crippen LogP contribution < -0.4 is 16.0 Å². The van der Waals surface area contributed by atoms with Crippen molar-refractivity contribution in [3.05, 3.63) is 77.8 Å². The van der Waals surface area contributed by atoms with Gasteiger partial charge in [0.1, 0.15) is 11.7 Å². The quantitative estimate of drug-likeness (QED) is 0.803. The number of amides is 3. The Kier molecular flexibility index (Phi) is 4.52. The first-order valence-corrected chi connectivity index (χ1v) is 7.83. The van der Waals surface area contributed by atoms with E-state index in [0.717, 1.165) is 5.56 Å². The van der Waals surface area contributed by atoms with E-state index in [1.165, 1.54) is 12.1 Å². The van der Waals surface area contributed by atoms with Gasteiger partial charge in [0, 0.05) is 11.4 Å². The summed E-state index contributed by atoms with van der Waals surface area (Å²) >= 11 is 0. The highest BCUT2D eigenvalue weighted by atomic mass is 19.1. The zero-order chi connectivity index (χ0) is 18.0. The highest BCUT2D eigenvalue weighted by Crippen LogP contribution is 2.30. The van der Waals surface area contributed by atoms with Crippen molar-refractivity contribution in [2.75, 3.05) is 5.32 Å². The molecule has 2 aromatic rings. The molecule has 0 radical (unpaired) electrons. The maximum absolute atomic E-state index is 13.2. The molecule has 3 rings (SSSR count). The molecular weight excluding hydrogens is 321 g/mol. The molecule has 1 fully saturated rings. The molecule has 0 aliphatic carbocycles. The van der Waals surface area contributed by atoms with Gasteiger partial charge in [0.05, 0.1) is 6.04 Å². The van der Waals surface area contributed by atoms with Gasteiger partial charge in [0.2, 0.25) is 5.91 Å². The number of benzene rings is 2.